The first-order valence-corrected chi connectivity index (χ1v) is 12.4. The van der Waals surface area contributed by atoms with Crippen molar-refractivity contribution in [1.29, 1.82) is 0 Å². The lowest BCUT2D eigenvalue weighted by molar-refractivity contribution is -0.348. The quantitative estimate of drug-likeness (QED) is 0.498. The lowest BCUT2D eigenvalue weighted by Gasteiger charge is -2.49. The van der Waals surface area contributed by atoms with Crippen molar-refractivity contribution in [1.82, 2.24) is 4.90 Å². The predicted molar refractivity (Wildman–Crippen MR) is 133 cm³/mol. The molecule has 6 atom stereocenters. The van der Waals surface area contributed by atoms with Gasteiger partial charge in [0.05, 0.1) is 31.5 Å². The van der Waals surface area contributed by atoms with Crippen LogP contribution in [0.2, 0.25) is 0 Å². The van der Waals surface area contributed by atoms with E-state index < -0.39 is 48.7 Å². The minimum absolute atomic E-state index is 0.123. The highest BCUT2D eigenvalue weighted by atomic mass is 16.7. The fourth-order valence-corrected chi connectivity index (χ4v) is 5.22. The number of carbonyl (C=O) groups is 2. The molecule has 2 saturated heterocycles. The maximum atomic E-state index is 13.4. The molecule has 38 heavy (non-hydrogen) atoms. The van der Waals surface area contributed by atoms with Crippen molar-refractivity contribution in [2.45, 2.75) is 43.5 Å². The zero-order valence-electron chi connectivity index (χ0n) is 20.6. The van der Waals surface area contributed by atoms with Gasteiger partial charge in [-0.2, -0.15) is 0 Å². The normalized spacial score (nSPS) is 28.6. The Hall–Kier alpha value is -3.60. The van der Waals surface area contributed by atoms with Crippen LogP contribution in [0.15, 0.2) is 78.9 Å². The number of carbonyl (C=O) groups excluding carboxylic acids is 2. The van der Waals surface area contributed by atoms with Gasteiger partial charge in [-0.15, -0.1) is 0 Å². The second kappa shape index (κ2) is 10.3. The highest BCUT2D eigenvalue weighted by molar-refractivity contribution is 6.21. The van der Waals surface area contributed by atoms with Gasteiger partial charge >= 0.3 is 0 Å². The van der Waals surface area contributed by atoms with Crippen LogP contribution in [0.3, 0.4) is 0 Å². The van der Waals surface area contributed by atoms with Gasteiger partial charge in [-0.25, -0.2) is 0 Å². The zero-order valence-corrected chi connectivity index (χ0v) is 20.6. The summed E-state index contributed by atoms with van der Waals surface area (Å²) < 4.78 is 29.8. The largest absolute Gasteiger partial charge is 0.497 e. The molecule has 0 radical (unpaired) electrons. The van der Waals surface area contributed by atoms with Crippen molar-refractivity contribution in [2.24, 2.45) is 0 Å². The van der Waals surface area contributed by atoms with Crippen molar-refractivity contribution >= 4 is 11.8 Å². The Morgan fingerprint density at radius 2 is 1.55 bits per heavy atom. The average Bonchev–Trinajstić information content (AvgIpc) is 3.21. The number of fused-ring (bicyclic) bond motifs is 2. The van der Waals surface area contributed by atoms with Crippen LogP contribution in [0.5, 0.6) is 5.75 Å². The second-order valence-corrected chi connectivity index (χ2v) is 9.38. The van der Waals surface area contributed by atoms with Crippen LogP contribution in [-0.2, 0) is 25.6 Å². The molecule has 9 heteroatoms. The van der Waals surface area contributed by atoms with Crippen LogP contribution in [-0.4, -0.2) is 66.2 Å². The molecule has 0 saturated carbocycles. The number of imide groups is 1. The summed E-state index contributed by atoms with van der Waals surface area (Å²) in [5.41, 5.74) is 2.20. The number of amides is 2. The molecule has 1 unspecified atom stereocenters. The Kier molecular flexibility index (Phi) is 6.69. The molecule has 0 aliphatic carbocycles. The van der Waals surface area contributed by atoms with E-state index in [0.717, 1.165) is 16.0 Å². The van der Waals surface area contributed by atoms with E-state index >= 15 is 0 Å². The number of aliphatic hydroxyl groups is 1. The lowest BCUT2D eigenvalue weighted by Crippen LogP contribution is -2.67. The van der Waals surface area contributed by atoms with E-state index in [4.69, 9.17) is 23.7 Å². The van der Waals surface area contributed by atoms with Crippen molar-refractivity contribution in [3.05, 3.63) is 101 Å². The van der Waals surface area contributed by atoms with Gasteiger partial charge in [-0.1, -0.05) is 54.6 Å². The van der Waals surface area contributed by atoms with Gasteiger partial charge in [0.2, 0.25) is 0 Å². The smallest absolute Gasteiger partial charge is 0.262 e. The molecule has 6 rings (SSSR count). The average molecular weight is 518 g/mol. The molecular formula is C29H27NO8. The SMILES string of the molecule is COc1ccc(C2OC[C@H]3O[C@@H](O)[C@H](N4C(=O)c5ccccc5C4=O)[C@@H](OCc4ccccc4)[C@@H]3O2)cc1. The van der Waals surface area contributed by atoms with Crippen LogP contribution in [0.1, 0.15) is 38.1 Å². The van der Waals surface area contributed by atoms with Crippen LogP contribution in [0.4, 0.5) is 0 Å². The molecule has 2 amide bonds. The number of hydrogen-bond donors (Lipinski definition) is 1. The van der Waals surface area contributed by atoms with E-state index in [0.29, 0.717) is 5.75 Å². The number of methoxy groups -OCH3 is 1. The maximum Gasteiger partial charge on any atom is 0.262 e. The standard InChI is InChI=1S/C29H27NO8/c1-34-19-13-11-18(12-14-19)29-36-16-22-24(38-29)25(35-15-17-7-3-2-4-8-17)23(28(33)37-22)30-26(31)20-9-5-6-10-21(20)27(30)32/h2-14,22-25,28-29,33H,15-16H2,1H3/t22-,23-,24-,25-,28-,29?/m1/s1. The Morgan fingerprint density at radius 3 is 2.21 bits per heavy atom. The fourth-order valence-electron chi connectivity index (χ4n) is 5.22. The van der Waals surface area contributed by atoms with Gasteiger partial charge in [0.25, 0.3) is 11.8 Å². The predicted octanol–water partition coefficient (Wildman–Crippen LogP) is 3.08. The summed E-state index contributed by atoms with van der Waals surface area (Å²) in [4.78, 5) is 27.8. The molecule has 1 N–H and O–H groups in total. The summed E-state index contributed by atoms with van der Waals surface area (Å²) in [6.07, 6.45) is -4.55. The van der Waals surface area contributed by atoms with Crippen molar-refractivity contribution in [2.75, 3.05) is 13.7 Å². The topological polar surface area (TPSA) is 104 Å². The molecule has 0 spiro atoms. The number of hydrogen-bond acceptors (Lipinski definition) is 8. The van der Waals surface area contributed by atoms with Crippen molar-refractivity contribution < 1.29 is 38.4 Å². The van der Waals surface area contributed by atoms with Gasteiger partial charge in [0, 0.05) is 5.56 Å². The molecule has 3 aromatic rings. The molecule has 3 heterocycles. The van der Waals surface area contributed by atoms with Crippen molar-refractivity contribution in [3.8, 4) is 5.75 Å². The number of nitrogens with zero attached hydrogens (tertiary/aromatic N) is 1. The zero-order chi connectivity index (χ0) is 26.2. The molecule has 0 bridgehead atoms. The van der Waals surface area contributed by atoms with Crippen LogP contribution in [0, 0.1) is 0 Å². The summed E-state index contributed by atoms with van der Waals surface area (Å²) >= 11 is 0. The second-order valence-electron chi connectivity index (χ2n) is 9.38. The van der Waals surface area contributed by atoms with E-state index in [1.165, 1.54) is 0 Å². The highest BCUT2D eigenvalue weighted by Crippen LogP contribution is 2.39. The molecule has 0 aromatic heterocycles. The third-order valence-electron chi connectivity index (χ3n) is 7.12. The summed E-state index contributed by atoms with van der Waals surface area (Å²) in [7, 11) is 1.59. The first-order chi connectivity index (χ1) is 18.5. The number of rotatable bonds is 6. The number of aliphatic hydroxyl groups excluding tert-OH is 1. The van der Waals surface area contributed by atoms with E-state index in [1.807, 2.05) is 42.5 Å². The molecule has 3 aromatic carbocycles. The van der Waals surface area contributed by atoms with E-state index in [-0.39, 0.29) is 24.3 Å². The van der Waals surface area contributed by atoms with E-state index in [9.17, 15) is 14.7 Å². The molecule has 9 nitrogen and oxygen atoms in total. The lowest BCUT2D eigenvalue weighted by atomic mass is 9.94. The van der Waals surface area contributed by atoms with Crippen LogP contribution in [0.25, 0.3) is 0 Å². The summed E-state index contributed by atoms with van der Waals surface area (Å²) in [6, 6.07) is 22.3. The minimum Gasteiger partial charge on any atom is -0.497 e. The maximum absolute atomic E-state index is 13.4. The van der Waals surface area contributed by atoms with Crippen LogP contribution >= 0.6 is 0 Å². The summed E-state index contributed by atoms with van der Waals surface area (Å²) in [5, 5.41) is 11.1. The van der Waals surface area contributed by atoms with Gasteiger partial charge in [-0.3, -0.25) is 14.5 Å². The van der Waals surface area contributed by atoms with Gasteiger partial charge in [0.15, 0.2) is 12.6 Å². The first kappa shape index (κ1) is 24.7. The molecular weight excluding hydrogens is 490 g/mol. The Morgan fingerprint density at radius 1 is 0.895 bits per heavy atom. The Labute approximate surface area is 219 Å². The Balaban J connectivity index is 1.33. The van der Waals surface area contributed by atoms with Gasteiger partial charge in [-0.05, 0) is 29.8 Å². The monoisotopic (exact) mass is 517 g/mol. The van der Waals surface area contributed by atoms with Crippen molar-refractivity contribution in [3.63, 3.8) is 0 Å². The van der Waals surface area contributed by atoms with Gasteiger partial charge in [0.1, 0.15) is 30.1 Å². The first-order valence-electron chi connectivity index (χ1n) is 12.4. The van der Waals surface area contributed by atoms with Crippen LogP contribution < -0.4 is 4.74 Å². The minimum atomic E-state index is -1.50. The number of ether oxygens (including phenoxy) is 5. The summed E-state index contributed by atoms with van der Waals surface area (Å²) in [6.45, 7) is 0.303. The third kappa shape index (κ3) is 4.38. The fraction of sp³-hybridized carbons (Fsp3) is 0.310. The van der Waals surface area contributed by atoms with E-state index in [1.54, 1.807) is 43.5 Å². The highest BCUT2D eigenvalue weighted by Gasteiger charge is 2.56. The molecule has 3 aliphatic heterocycles. The molecule has 2 fully saturated rings. The molecule has 3 aliphatic rings. The Bertz CT molecular complexity index is 1280. The number of benzene rings is 3. The van der Waals surface area contributed by atoms with Gasteiger partial charge < -0.3 is 28.8 Å². The molecule has 196 valence electrons. The summed E-state index contributed by atoms with van der Waals surface area (Å²) in [5.74, 6) is -0.325. The third-order valence-corrected chi connectivity index (χ3v) is 7.12. The van der Waals surface area contributed by atoms with E-state index in [2.05, 4.69) is 0 Å².